The van der Waals surface area contributed by atoms with Gasteiger partial charge in [-0.15, -0.1) is 0 Å². The number of nitrogens with zero attached hydrogens (tertiary/aromatic N) is 2. The van der Waals surface area contributed by atoms with Gasteiger partial charge in [0.15, 0.2) is 0 Å². The molecule has 0 unspecified atom stereocenters. The molecule has 0 aromatic heterocycles. The van der Waals surface area contributed by atoms with Gasteiger partial charge in [-0.25, -0.2) is 0 Å². The second-order valence-corrected chi connectivity index (χ2v) is 7.97. The first-order valence-electron chi connectivity index (χ1n) is 8.01. The van der Waals surface area contributed by atoms with E-state index in [0.717, 1.165) is 11.0 Å². The lowest BCUT2D eigenvalue weighted by atomic mass is 9.96. The highest BCUT2D eigenvalue weighted by Gasteiger charge is 2.29. The number of hydrogen-bond donors (Lipinski definition) is 2. The van der Waals surface area contributed by atoms with Crippen molar-refractivity contribution in [3.8, 4) is 0 Å². The summed E-state index contributed by atoms with van der Waals surface area (Å²) in [6.45, 7) is 1.18. The van der Waals surface area contributed by atoms with Crippen LogP contribution in [-0.4, -0.2) is 111 Å². The van der Waals surface area contributed by atoms with Crippen molar-refractivity contribution in [2.24, 2.45) is 0 Å². The molecule has 0 aliphatic carbocycles. The molecular weight excluding hydrogens is 380 g/mol. The molecule has 0 heterocycles. The van der Waals surface area contributed by atoms with Crippen LogP contribution in [0, 0.1) is 0 Å². The number of rotatable bonds is 9. The molecule has 0 atom stereocenters. The lowest BCUT2D eigenvalue weighted by Crippen LogP contribution is -2.54. The number of aliphatic hydroxyl groups is 2. The zero-order valence-corrected chi connectivity index (χ0v) is 17.1. The van der Waals surface area contributed by atoms with E-state index in [9.17, 15) is 39.6 Å². The number of carboxylic acid groups (broad SMARTS) is 4. The molecule has 0 rings (SSSR count). The summed E-state index contributed by atoms with van der Waals surface area (Å²) < 4.78 is 1.26. The molecule has 2 N–H and O–H groups in total. The lowest BCUT2D eigenvalue weighted by molar-refractivity contribution is -0.870. The molecule has 0 spiro atoms. The first-order chi connectivity index (χ1) is 12.3. The second kappa shape index (κ2) is 13.0. The SMILES string of the molecule is C[N+](C)(C)CC(=O)[O-].C[N+](C)(C)CCO.O=C([O-])CC(O)(CC(=O)[O-])C(=O)[O-]. The zero-order valence-electron chi connectivity index (χ0n) is 17.1. The monoisotopic (exact) mass is 410 g/mol. The van der Waals surface area contributed by atoms with Crippen molar-refractivity contribution < 1.29 is 58.8 Å². The summed E-state index contributed by atoms with van der Waals surface area (Å²) >= 11 is 0. The summed E-state index contributed by atoms with van der Waals surface area (Å²) in [6.07, 6.45) is -2.72. The third kappa shape index (κ3) is 23.7. The quantitative estimate of drug-likeness (QED) is 0.344. The van der Waals surface area contributed by atoms with Gasteiger partial charge < -0.3 is 58.8 Å². The maximum absolute atomic E-state index is 10.1. The number of carbonyl (C=O) groups is 4. The summed E-state index contributed by atoms with van der Waals surface area (Å²) in [5, 5.41) is 57.2. The molecule has 0 aliphatic rings. The molecule has 0 fully saturated rings. The average molecular weight is 410 g/mol. The van der Waals surface area contributed by atoms with Crippen LogP contribution in [0.5, 0.6) is 0 Å². The Balaban J connectivity index is -0.000000359. The van der Waals surface area contributed by atoms with E-state index in [1.165, 1.54) is 0 Å². The van der Waals surface area contributed by atoms with Crippen LogP contribution >= 0.6 is 0 Å². The molecule has 0 amide bonds. The predicted octanol–water partition coefficient (Wildman–Crippen LogP) is -7.13. The fraction of sp³-hybridized carbons (Fsp3) is 0.750. The van der Waals surface area contributed by atoms with E-state index < -0.39 is 42.3 Å². The molecule has 0 aromatic carbocycles. The van der Waals surface area contributed by atoms with Crippen LogP contribution in [0.2, 0.25) is 0 Å². The Kier molecular flexibility index (Phi) is 14.1. The van der Waals surface area contributed by atoms with E-state index in [1.54, 1.807) is 21.1 Å². The zero-order chi connectivity index (χ0) is 23.3. The molecule has 0 saturated carbocycles. The minimum Gasteiger partial charge on any atom is -0.550 e. The molecular formula is C16H30N2O10-2. The topological polar surface area (TPSA) is 201 Å². The Morgan fingerprint density at radius 2 is 1.11 bits per heavy atom. The molecule has 166 valence electrons. The van der Waals surface area contributed by atoms with Crippen LogP contribution in [0.4, 0.5) is 0 Å². The first-order valence-corrected chi connectivity index (χ1v) is 8.01. The van der Waals surface area contributed by atoms with Crippen LogP contribution < -0.4 is 20.4 Å². The van der Waals surface area contributed by atoms with E-state index in [1.807, 2.05) is 0 Å². The Morgan fingerprint density at radius 3 is 1.18 bits per heavy atom. The van der Waals surface area contributed by atoms with Gasteiger partial charge in [0.25, 0.3) is 0 Å². The van der Waals surface area contributed by atoms with E-state index >= 15 is 0 Å². The van der Waals surface area contributed by atoms with E-state index in [4.69, 9.17) is 10.2 Å². The van der Waals surface area contributed by atoms with Crippen molar-refractivity contribution in [1.29, 1.82) is 0 Å². The molecule has 0 aromatic rings. The molecule has 0 radical (unpaired) electrons. The summed E-state index contributed by atoms with van der Waals surface area (Å²) in [7, 11) is 11.6. The number of aliphatic carboxylic acids is 4. The number of aliphatic hydroxyl groups excluding tert-OH is 1. The number of hydrogen-bond acceptors (Lipinski definition) is 10. The minimum absolute atomic E-state index is 0.0694. The predicted molar refractivity (Wildman–Crippen MR) is 87.1 cm³/mol. The maximum atomic E-state index is 10.1. The molecule has 0 bridgehead atoms. The van der Waals surface area contributed by atoms with Gasteiger partial charge in [-0.1, -0.05) is 0 Å². The third-order valence-electron chi connectivity index (χ3n) is 2.63. The molecule has 12 nitrogen and oxygen atoms in total. The van der Waals surface area contributed by atoms with E-state index in [0.29, 0.717) is 4.48 Å². The lowest BCUT2D eigenvalue weighted by Gasteiger charge is -2.29. The standard InChI is InChI=1S/C6H8O7.C5H11NO2.C5H14NO/c7-3(8)1-6(13,5(11)12)2-4(9)10;1-6(2,3)4-5(7)8;1-6(2,3)4-5-7/h13H,1-2H2,(H,7,8)(H,9,10)(H,11,12);4H2,1-3H3;7H,4-5H2,1-3H3/q;;+1/p-3. The highest BCUT2D eigenvalue weighted by molar-refractivity contribution is 5.86. The average Bonchev–Trinajstić information content (AvgIpc) is 2.32. The van der Waals surface area contributed by atoms with Gasteiger partial charge in [0.05, 0.1) is 60.8 Å². The Labute approximate surface area is 164 Å². The van der Waals surface area contributed by atoms with Crippen molar-refractivity contribution in [1.82, 2.24) is 0 Å². The van der Waals surface area contributed by atoms with Crippen molar-refractivity contribution in [3.05, 3.63) is 0 Å². The summed E-state index contributed by atoms with van der Waals surface area (Å²) in [6, 6.07) is 0. The van der Waals surface area contributed by atoms with Gasteiger partial charge in [-0.2, -0.15) is 0 Å². The molecule has 28 heavy (non-hydrogen) atoms. The largest absolute Gasteiger partial charge is 0.550 e. The van der Waals surface area contributed by atoms with Crippen LogP contribution in [0.15, 0.2) is 0 Å². The first kappa shape index (κ1) is 30.4. The van der Waals surface area contributed by atoms with Crippen molar-refractivity contribution in [2.45, 2.75) is 18.4 Å². The molecule has 12 heteroatoms. The van der Waals surface area contributed by atoms with Gasteiger partial charge in [0.1, 0.15) is 18.7 Å². The number of carboxylic acids is 4. The third-order valence-corrected chi connectivity index (χ3v) is 2.63. The van der Waals surface area contributed by atoms with E-state index in [-0.39, 0.29) is 13.2 Å². The minimum atomic E-state index is -2.97. The van der Waals surface area contributed by atoms with Gasteiger partial charge in [-0.3, -0.25) is 0 Å². The number of carbonyl (C=O) groups excluding carboxylic acids is 4. The summed E-state index contributed by atoms with van der Waals surface area (Å²) in [4.78, 5) is 39.9. The van der Waals surface area contributed by atoms with E-state index in [2.05, 4.69) is 21.1 Å². The second-order valence-electron chi connectivity index (χ2n) is 7.97. The summed E-state index contributed by atoms with van der Waals surface area (Å²) in [5.41, 5.74) is -2.97. The smallest absolute Gasteiger partial charge is 0.118 e. The molecule has 0 saturated heterocycles. The van der Waals surface area contributed by atoms with Gasteiger partial charge in [-0.05, 0) is 0 Å². The fourth-order valence-corrected chi connectivity index (χ4v) is 1.37. The Bertz CT molecular complexity index is 504. The molecule has 0 aliphatic heterocycles. The van der Waals surface area contributed by atoms with Crippen molar-refractivity contribution in [3.63, 3.8) is 0 Å². The highest BCUT2D eigenvalue weighted by atomic mass is 16.4. The van der Waals surface area contributed by atoms with Crippen LogP contribution in [0.25, 0.3) is 0 Å². The van der Waals surface area contributed by atoms with Gasteiger partial charge >= 0.3 is 0 Å². The fourth-order valence-electron chi connectivity index (χ4n) is 1.37. The Hall–Kier alpha value is -2.28. The maximum Gasteiger partial charge on any atom is 0.118 e. The normalized spacial score (nSPS) is 11.3. The van der Waals surface area contributed by atoms with Crippen LogP contribution in [-0.2, 0) is 19.2 Å². The van der Waals surface area contributed by atoms with Crippen molar-refractivity contribution in [2.75, 3.05) is 62.0 Å². The van der Waals surface area contributed by atoms with Crippen LogP contribution in [0.3, 0.4) is 0 Å². The van der Waals surface area contributed by atoms with Crippen molar-refractivity contribution >= 4 is 23.9 Å². The van der Waals surface area contributed by atoms with Crippen LogP contribution in [0.1, 0.15) is 12.8 Å². The summed E-state index contributed by atoms with van der Waals surface area (Å²) in [5.74, 6) is -6.99. The van der Waals surface area contributed by atoms with Gasteiger partial charge in [0, 0.05) is 24.8 Å². The highest BCUT2D eigenvalue weighted by Crippen LogP contribution is 2.13. The number of quaternary nitrogens is 2. The number of likely N-dealkylation sites (N-methyl/N-ethyl adjacent to an activating group) is 2. The Morgan fingerprint density at radius 1 is 0.750 bits per heavy atom. The van der Waals surface area contributed by atoms with Gasteiger partial charge in [0.2, 0.25) is 0 Å².